The highest BCUT2D eigenvalue weighted by Gasteiger charge is 2.40. The van der Waals surface area contributed by atoms with Crippen molar-refractivity contribution in [2.45, 2.75) is 45.4 Å². The quantitative estimate of drug-likeness (QED) is 0.883. The van der Waals surface area contributed by atoms with Crippen molar-refractivity contribution < 1.29 is 9.53 Å². The van der Waals surface area contributed by atoms with E-state index in [2.05, 4.69) is 36.2 Å². The molecule has 2 saturated heterocycles. The number of urea groups is 1. The third-order valence-electron chi connectivity index (χ3n) is 5.31. The van der Waals surface area contributed by atoms with Crippen LogP contribution in [-0.2, 0) is 31.2 Å². The number of aromatic nitrogens is 2. The van der Waals surface area contributed by atoms with Crippen LogP contribution in [0.2, 0.25) is 0 Å². The molecule has 0 spiro atoms. The maximum absolute atomic E-state index is 12.6. The van der Waals surface area contributed by atoms with E-state index in [0.717, 1.165) is 38.2 Å². The van der Waals surface area contributed by atoms with E-state index in [1.807, 2.05) is 16.6 Å². The van der Waals surface area contributed by atoms with Gasteiger partial charge in [-0.2, -0.15) is 5.10 Å². The van der Waals surface area contributed by atoms with Crippen molar-refractivity contribution in [1.29, 1.82) is 0 Å². The highest BCUT2D eigenvalue weighted by Crippen LogP contribution is 2.22. The van der Waals surface area contributed by atoms with Crippen LogP contribution in [0, 0.1) is 0 Å². The molecule has 0 saturated carbocycles. The van der Waals surface area contributed by atoms with Crippen molar-refractivity contribution in [2.24, 2.45) is 7.05 Å². The van der Waals surface area contributed by atoms with Gasteiger partial charge in [0.2, 0.25) is 0 Å². The molecule has 0 aliphatic carbocycles. The number of ether oxygens (including phenoxy) is 1. The Labute approximate surface area is 143 Å². The normalized spacial score (nSPS) is 24.2. The van der Waals surface area contributed by atoms with E-state index in [1.165, 1.54) is 11.3 Å². The molecule has 1 aromatic rings. The van der Waals surface area contributed by atoms with E-state index >= 15 is 0 Å². The molecule has 2 aliphatic rings. The van der Waals surface area contributed by atoms with Gasteiger partial charge in [0, 0.05) is 37.9 Å². The lowest BCUT2D eigenvalue weighted by Gasteiger charge is -2.33. The van der Waals surface area contributed by atoms with E-state index in [4.69, 9.17) is 4.74 Å². The van der Waals surface area contributed by atoms with Gasteiger partial charge < -0.3 is 15.0 Å². The summed E-state index contributed by atoms with van der Waals surface area (Å²) in [6.45, 7) is 7.87. The highest BCUT2D eigenvalue weighted by molar-refractivity contribution is 5.74. The van der Waals surface area contributed by atoms with Crippen LogP contribution in [0.1, 0.15) is 30.8 Å². The Balaban J connectivity index is 1.62. The smallest absolute Gasteiger partial charge is 0.317 e. The van der Waals surface area contributed by atoms with E-state index in [9.17, 15) is 4.79 Å². The molecule has 2 amide bonds. The second kappa shape index (κ2) is 7.11. The molecule has 1 aromatic heterocycles. The van der Waals surface area contributed by atoms with Crippen molar-refractivity contribution in [3.05, 3.63) is 17.0 Å². The van der Waals surface area contributed by atoms with Crippen molar-refractivity contribution in [1.82, 2.24) is 24.9 Å². The van der Waals surface area contributed by atoms with E-state index in [0.29, 0.717) is 19.1 Å². The molecule has 0 aromatic carbocycles. The number of amides is 2. The number of hydrogen-bond acceptors (Lipinski definition) is 4. The summed E-state index contributed by atoms with van der Waals surface area (Å²) in [4.78, 5) is 16.8. The summed E-state index contributed by atoms with van der Waals surface area (Å²) in [5.74, 6) is 0. The van der Waals surface area contributed by atoms with Gasteiger partial charge in [-0.3, -0.25) is 9.58 Å². The lowest BCUT2D eigenvalue weighted by molar-refractivity contribution is -0.0367. The van der Waals surface area contributed by atoms with Crippen LogP contribution in [0.3, 0.4) is 0 Å². The summed E-state index contributed by atoms with van der Waals surface area (Å²) in [6, 6.07) is 0.314. The van der Waals surface area contributed by atoms with Crippen LogP contribution in [0.15, 0.2) is 0 Å². The maximum atomic E-state index is 12.6. The molecule has 3 rings (SSSR count). The summed E-state index contributed by atoms with van der Waals surface area (Å²) >= 11 is 0. The molecule has 134 valence electrons. The molecule has 24 heavy (non-hydrogen) atoms. The second-order valence-corrected chi connectivity index (χ2v) is 6.72. The number of aryl methyl sites for hydroxylation is 2. The molecule has 0 radical (unpaired) electrons. The number of hydrogen-bond donors (Lipinski definition) is 1. The van der Waals surface area contributed by atoms with Crippen molar-refractivity contribution in [3.63, 3.8) is 0 Å². The Morgan fingerprint density at radius 2 is 2.08 bits per heavy atom. The first-order valence-corrected chi connectivity index (χ1v) is 8.93. The topological polar surface area (TPSA) is 62.6 Å². The molecular formula is C17H29N5O2. The summed E-state index contributed by atoms with van der Waals surface area (Å²) in [5, 5.41) is 7.66. The standard InChI is InChI=1S/C17H29N5O2/c1-5-13-12(14(6-2)21(4)19-13)9-18-17(23)22-10-15-16(11-22)24-8-7-20(15)3/h15-16H,5-11H2,1-4H3,(H,18,23)/t15-,16+/m1/s1. The molecule has 0 bridgehead atoms. The monoisotopic (exact) mass is 335 g/mol. The van der Waals surface area contributed by atoms with Crippen LogP contribution in [0.4, 0.5) is 4.79 Å². The van der Waals surface area contributed by atoms with Gasteiger partial charge in [0.05, 0.1) is 31.0 Å². The zero-order valence-electron chi connectivity index (χ0n) is 15.2. The van der Waals surface area contributed by atoms with Crippen LogP contribution < -0.4 is 5.32 Å². The lowest BCUT2D eigenvalue weighted by Crippen LogP contribution is -2.48. The number of nitrogens with zero attached hydrogens (tertiary/aromatic N) is 4. The Morgan fingerprint density at radius 1 is 1.29 bits per heavy atom. The van der Waals surface area contributed by atoms with Gasteiger partial charge in [-0.25, -0.2) is 4.79 Å². The highest BCUT2D eigenvalue weighted by atomic mass is 16.5. The fourth-order valence-corrected chi connectivity index (χ4v) is 3.89. The first-order chi connectivity index (χ1) is 11.5. The zero-order valence-corrected chi connectivity index (χ0v) is 15.2. The molecule has 1 N–H and O–H groups in total. The summed E-state index contributed by atoms with van der Waals surface area (Å²) in [6.07, 6.45) is 1.94. The minimum absolute atomic E-state index is 0.00522. The number of morpholine rings is 1. The number of likely N-dealkylation sites (N-methyl/N-ethyl adjacent to an activating group) is 1. The Bertz CT molecular complexity index is 600. The van der Waals surface area contributed by atoms with Crippen molar-refractivity contribution >= 4 is 6.03 Å². The summed E-state index contributed by atoms with van der Waals surface area (Å²) in [5.41, 5.74) is 3.44. The largest absolute Gasteiger partial charge is 0.373 e. The van der Waals surface area contributed by atoms with Gasteiger partial charge in [-0.1, -0.05) is 13.8 Å². The van der Waals surface area contributed by atoms with Crippen LogP contribution in [0.5, 0.6) is 0 Å². The zero-order chi connectivity index (χ0) is 17.3. The molecule has 2 atom stereocenters. The number of carbonyl (C=O) groups is 1. The SMILES string of the molecule is CCc1nn(C)c(CC)c1CNC(=O)N1C[C@@H]2OCCN(C)[C@@H]2C1. The average Bonchev–Trinajstić information content (AvgIpc) is 3.14. The van der Waals surface area contributed by atoms with Crippen LogP contribution in [0.25, 0.3) is 0 Å². The minimum atomic E-state index is -0.00522. The van der Waals surface area contributed by atoms with Gasteiger partial charge in [0.15, 0.2) is 0 Å². The fourth-order valence-electron chi connectivity index (χ4n) is 3.89. The fraction of sp³-hybridized carbons (Fsp3) is 0.765. The number of carbonyl (C=O) groups excluding carboxylic acids is 1. The number of nitrogens with one attached hydrogen (secondary N) is 1. The van der Waals surface area contributed by atoms with E-state index in [-0.39, 0.29) is 12.1 Å². The second-order valence-electron chi connectivity index (χ2n) is 6.72. The molecule has 0 unspecified atom stereocenters. The average molecular weight is 335 g/mol. The van der Waals surface area contributed by atoms with Crippen molar-refractivity contribution in [2.75, 3.05) is 33.3 Å². The molecule has 7 nitrogen and oxygen atoms in total. The van der Waals surface area contributed by atoms with Crippen LogP contribution in [-0.4, -0.2) is 71.0 Å². The van der Waals surface area contributed by atoms with Gasteiger partial charge in [0.1, 0.15) is 0 Å². The molecule has 7 heteroatoms. The minimum Gasteiger partial charge on any atom is -0.373 e. The van der Waals surface area contributed by atoms with Gasteiger partial charge >= 0.3 is 6.03 Å². The third kappa shape index (κ3) is 3.15. The van der Waals surface area contributed by atoms with Crippen LogP contribution >= 0.6 is 0 Å². The molecular weight excluding hydrogens is 306 g/mol. The van der Waals surface area contributed by atoms with Gasteiger partial charge in [0.25, 0.3) is 0 Å². The van der Waals surface area contributed by atoms with E-state index in [1.54, 1.807) is 0 Å². The predicted molar refractivity (Wildman–Crippen MR) is 91.9 cm³/mol. The maximum Gasteiger partial charge on any atom is 0.317 e. The Kier molecular flexibility index (Phi) is 5.10. The first-order valence-electron chi connectivity index (χ1n) is 8.93. The van der Waals surface area contributed by atoms with E-state index < -0.39 is 0 Å². The van der Waals surface area contributed by atoms with Gasteiger partial charge in [-0.05, 0) is 19.9 Å². The summed E-state index contributed by atoms with van der Waals surface area (Å²) < 4.78 is 7.75. The Morgan fingerprint density at radius 3 is 2.75 bits per heavy atom. The number of rotatable bonds is 4. The molecule has 2 aliphatic heterocycles. The summed E-state index contributed by atoms with van der Waals surface area (Å²) in [7, 11) is 4.08. The lowest BCUT2D eigenvalue weighted by atomic mass is 10.1. The Hall–Kier alpha value is -1.60. The predicted octanol–water partition coefficient (Wildman–Crippen LogP) is 0.769. The van der Waals surface area contributed by atoms with Gasteiger partial charge in [-0.15, -0.1) is 0 Å². The van der Waals surface area contributed by atoms with Crippen molar-refractivity contribution in [3.8, 4) is 0 Å². The third-order valence-corrected chi connectivity index (χ3v) is 5.31. The molecule has 3 heterocycles. The first kappa shape index (κ1) is 17.2. The number of fused-ring (bicyclic) bond motifs is 1. The molecule has 2 fully saturated rings. The number of likely N-dealkylation sites (tertiary alicyclic amines) is 1.